The lowest BCUT2D eigenvalue weighted by Gasteiger charge is -2.27. The fourth-order valence-electron chi connectivity index (χ4n) is 3.80. The summed E-state index contributed by atoms with van der Waals surface area (Å²) < 4.78 is 5.31. The van der Waals surface area contributed by atoms with E-state index < -0.39 is 10.9 Å². The molecule has 0 atom stereocenters. The van der Waals surface area contributed by atoms with Gasteiger partial charge in [0.25, 0.3) is 5.69 Å². The van der Waals surface area contributed by atoms with Gasteiger partial charge in [0.2, 0.25) is 0 Å². The van der Waals surface area contributed by atoms with Crippen LogP contribution in [0, 0.1) is 10.1 Å². The van der Waals surface area contributed by atoms with E-state index in [9.17, 15) is 14.9 Å². The van der Waals surface area contributed by atoms with Gasteiger partial charge in [-0.2, -0.15) is 0 Å². The van der Waals surface area contributed by atoms with Crippen molar-refractivity contribution in [3.8, 4) is 0 Å². The third-order valence-electron chi connectivity index (χ3n) is 5.36. The van der Waals surface area contributed by atoms with Crippen LogP contribution in [0.1, 0.15) is 38.8 Å². The number of nitro benzene ring substituents is 1. The predicted molar refractivity (Wildman–Crippen MR) is 130 cm³/mol. The van der Waals surface area contributed by atoms with Crippen LogP contribution < -0.4 is 0 Å². The third kappa shape index (κ3) is 5.30. The van der Waals surface area contributed by atoms with Crippen molar-refractivity contribution in [2.24, 2.45) is 4.99 Å². The molecule has 9 heteroatoms. The first kappa shape index (κ1) is 23.1. The minimum Gasteiger partial charge on any atom is -0.462 e. The zero-order valence-electron chi connectivity index (χ0n) is 18.0. The topological polar surface area (TPSA) is 85.0 Å². The number of carbonyl (C=O) groups is 1. The minimum atomic E-state index is -0.483. The molecule has 0 bridgehead atoms. The van der Waals surface area contributed by atoms with Crippen LogP contribution in [0.3, 0.4) is 0 Å². The minimum absolute atomic E-state index is 0.0755. The molecule has 0 radical (unpaired) electrons. The summed E-state index contributed by atoms with van der Waals surface area (Å²) in [6.45, 7) is 4.40. The van der Waals surface area contributed by atoms with Gasteiger partial charge >= 0.3 is 5.97 Å². The zero-order chi connectivity index (χ0) is 23.4. The van der Waals surface area contributed by atoms with Gasteiger partial charge in [0, 0.05) is 53.4 Å². The first-order valence-electron chi connectivity index (χ1n) is 10.5. The van der Waals surface area contributed by atoms with Crippen molar-refractivity contribution >= 4 is 45.8 Å². The highest BCUT2D eigenvalue weighted by atomic mass is 35.5. The van der Waals surface area contributed by atoms with Crippen molar-refractivity contribution in [2.75, 3.05) is 13.2 Å². The second-order valence-electron chi connectivity index (χ2n) is 7.57. The molecule has 1 aromatic heterocycles. The van der Waals surface area contributed by atoms with Crippen LogP contribution >= 0.6 is 22.9 Å². The van der Waals surface area contributed by atoms with Gasteiger partial charge in [-0.25, -0.2) is 9.79 Å². The van der Waals surface area contributed by atoms with Gasteiger partial charge in [-0.15, -0.1) is 11.3 Å². The Kier molecular flexibility index (Phi) is 7.17. The average Bonchev–Trinajstić information content (AvgIpc) is 3.17. The number of esters is 1. The van der Waals surface area contributed by atoms with Crippen molar-refractivity contribution in [1.29, 1.82) is 0 Å². The van der Waals surface area contributed by atoms with Gasteiger partial charge in [-0.05, 0) is 30.5 Å². The molecule has 0 aliphatic carbocycles. The molecule has 0 N–H and O–H groups in total. The number of ether oxygens (including phenoxy) is 1. The molecule has 7 nitrogen and oxygen atoms in total. The molecular formula is C24H22ClN3O4S. The number of hydrogen-bond acceptors (Lipinski definition) is 7. The number of non-ortho nitro benzene ring substituents is 1. The van der Waals surface area contributed by atoms with E-state index in [4.69, 9.17) is 16.3 Å². The predicted octanol–water partition coefficient (Wildman–Crippen LogP) is 5.80. The molecule has 3 aromatic rings. The Labute approximate surface area is 200 Å². The molecule has 0 spiro atoms. The number of benzene rings is 2. The molecule has 0 fully saturated rings. The van der Waals surface area contributed by atoms with Crippen LogP contribution in [-0.4, -0.2) is 35.2 Å². The molecule has 2 heterocycles. The molecule has 1 aliphatic heterocycles. The highest BCUT2D eigenvalue weighted by Crippen LogP contribution is 2.40. The van der Waals surface area contributed by atoms with Crippen LogP contribution in [0.15, 0.2) is 53.5 Å². The summed E-state index contributed by atoms with van der Waals surface area (Å²) in [7, 11) is 0. The SMILES string of the molecule is CCOC(=O)c1c(N=Cc2cc([N+](=O)[O-])ccc2Cl)sc2c1CCN(Cc1ccccc1)C2. The maximum atomic E-state index is 12.8. The monoisotopic (exact) mass is 483 g/mol. The van der Waals surface area contributed by atoms with E-state index in [-0.39, 0.29) is 12.3 Å². The zero-order valence-corrected chi connectivity index (χ0v) is 19.6. The van der Waals surface area contributed by atoms with Crippen LogP contribution in [0.25, 0.3) is 0 Å². The molecule has 0 saturated carbocycles. The van der Waals surface area contributed by atoms with Crippen LogP contribution in [0.2, 0.25) is 5.02 Å². The number of halogens is 1. The van der Waals surface area contributed by atoms with Crippen molar-refractivity contribution in [3.05, 3.63) is 90.8 Å². The molecule has 33 heavy (non-hydrogen) atoms. The highest BCUT2D eigenvalue weighted by Gasteiger charge is 2.28. The quantitative estimate of drug-likeness (QED) is 0.183. The number of carbonyl (C=O) groups excluding carboxylic acids is 1. The average molecular weight is 484 g/mol. The van der Waals surface area contributed by atoms with Crippen molar-refractivity contribution in [1.82, 2.24) is 4.90 Å². The molecule has 0 saturated heterocycles. The van der Waals surface area contributed by atoms with E-state index in [0.29, 0.717) is 27.7 Å². The fraction of sp³-hybridized carbons (Fsp3) is 0.250. The molecule has 1 aliphatic rings. The van der Waals surface area contributed by atoms with E-state index in [1.807, 2.05) is 18.2 Å². The number of nitrogens with zero attached hydrogens (tertiary/aromatic N) is 3. The summed E-state index contributed by atoms with van der Waals surface area (Å²) in [5.41, 5.74) is 3.03. The van der Waals surface area contributed by atoms with Crippen molar-refractivity contribution in [3.63, 3.8) is 0 Å². The number of fused-ring (bicyclic) bond motifs is 1. The summed E-state index contributed by atoms with van der Waals surface area (Å²) in [5.74, 6) is -0.399. The normalized spacial score (nSPS) is 13.8. The second kappa shape index (κ2) is 10.2. The molecule has 4 rings (SSSR count). The van der Waals surface area contributed by atoms with Gasteiger partial charge in [0.1, 0.15) is 5.00 Å². The fourth-order valence-corrected chi connectivity index (χ4v) is 5.18. The van der Waals surface area contributed by atoms with Crippen LogP contribution in [0.4, 0.5) is 10.7 Å². The first-order valence-corrected chi connectivity index (χ1v) is 11.7. The maximum absolute atomic E-state index is 12.8. The number of rotatable bonds is 7. The number of nitro groups is 1. The van der Waals surface area contributed by atoms with E-state index >= 15 is 0 Å². The van der Waals surface area contributed by atoms with Gasteiger partial charge in [0.15, 0.2) is 0 Å². The Bertz CT molecular complexity index is 1210. The lowest BCUT2D eigenvalue weighted by atomic mass is 10.0. The van der Waals surface area contributed by atoms with Gasteiger partial charge in [0.05, 0.1) is 17.1 Å². The summed E-state index contributed by atoms with van der Waals surface area (Å²) in [6.07, 6.45) is 2.19. The Morgan fingerprint density at radius 3 is 2.82 bits per heavy atom. The van der Waals surface area contributed by atoms with Crippen LogP contribution in [-0.2, 0) is 24.2 Å². The number of thiophene rings is 1. The van der Waals surface area contributed by atoms with E-state index in [1.165, 1.54) is 41.3 Å². The molecule has 0 amide bonds. The Hall–Kier alpha value is -3.07. The number of aliphatic imine (C=N–C) groups is 1. The molecule has 170 valence electrons. The highest BCUT2D eigenvalue weighted by molar-refractivity contribution is 7.16. The standard InChI is InChI=1S/C24H22ClN3O4S/c1-2-32-24(29)22-19-10-11-27(14-16-6-4-3-5-7-16)15-21(19)33-23(22)26-13-17-12-18(28(30)31)8-9-20(17)25/h3-9,12-13H,2,10-11,14-15H2,1H3. The summed E-state index contributed by atoms with van der Waals surface area (Å²) in [4.78, 5) is 31.3. The summed E-state index contributed by atoms with van der Waals surface area (Å²) in [6, 6.07) is 14.4. The molecule has 2 aromatic carbocycles. The van der Waals surface area contributed by atoms with Gasteiger partial charge in [-0.1, -0.05) is 41.9 Å². The number of hydrogen-bond donors (Lipinski definition) is 0. The molecular weight excluding hydrogens is 462 g/mol. The maximum Gasteiger partial charge on any atom is 0.341 e. The van der Waals surface area contributed by atoms with Crippen molar-refractivity contribution < 1.29 is 14.5 Å². The lowest BCUT2D eigenvalue weighted by molar-refractivity contribution is -0.384. The van der Waals surface area contributed by atoms with E-state index in [0.717, 1.165) is 30.0 Å². The van der Waals surface area contributed by atoms with Crippen LogP contribution in [0.5, 0.6) is 0 Å². The van der Waals surface area contributed by atoms with Crippen molar-refractivity contribution in [2.45, 2.75) is 26.4 Å². The smallest absolute Gasteiger partial charge is 0.341 e. The summed E-state index contributed by atoms with van der Waals surface area (Å²) >= 11 is 7.66. The first-order chi connectivity index (χ1) is 16.0. The van der Waals surface area contributed by atoms with E-state index in [1.54, 1.807) is 6.92 Å². The Balaban J connectivity index is 1.65. The van der Waals surface area contributed by atoms with Gasteiger partial charge in [-0.3, -0.25) is 15.0 Å². The third-order valence-corrected chi connectivity index (χ3v) is 6.83. The Morgan fingerprint density at radius 2 is 2.09 bits per heavy atom. The molecule has 0 unspecified atom stereocenters. The summed E-state index contributed by atoms with van der Waals surface area (Å²) in [5, 5.41) is 12.0. The largest absolute Gasteiger partial charge is 0.462 e. The Morgan fingerprint density at radius 1 is 1.30 bits per heavy atom. The lowest BCUT2D eigenvalue weighted by Crippen LogP contribution is -2.29. The van der Waals surface area contributed by atoms with Gasteiger partial charge < -0.3 is 4.74 Å². The second-order valence-corrected chi connectivity index (χ2v) is 9.06. The van der Waals surface area contributed by atoms with E-state index in [2.05, 4.69) is 22.0 Å².